The van der Waals surface area contributed by atoms with Gasteiger partial charge in [0, 0.05) is 19.2 Å². The summed E-state index contributed by atoms with van der Waals surface area (Å²) in [5.41, 5.74) is -0.131. The van der Waals surface area contributed by atoms with Gasteiger partial charge in [0.25, 0.3) is 5.91 Å². The van der Waals surface area contributed by atoms with Gasteiger partial charge < -0.3 is 10.6 Å². The van der Waals surface area contributed by atoms with Gasteiger partial charge in [-0.3, -0.25) is 19.5 Å². The van der Waals surface area contributed by atoms with Crippen LogP contribution in [-0.4, -0.2) is 39.8 Å². The molecule has 1 aromatic heterocycles. The van der Waals surface area contributed by atoms with Crippen molar-refractivity contribution in [2.24, 2.45) is 0 Å². The fraction of sp³-hybridized carbons (Fsp3) is 0.500. The van der Waals surface area contributed by atoms with Crippen LogP contribution in [0.2, 0.25) is 0 Å². The van der Waals surface area contributed by atoms with Crippen LogP contribution in [0.15, 0.2) is 24.5 Å². The van der Waals surface area contributed by atoms with Crippen molar-refractivity contribution >= 4 is 23.5 Å². The fourth-order valence-corrected chi connectivity index (χ4v) is 3.25. The van der Waals surface area contributed by atoms with Crippen molar-refractivity contribution in [3.63, 3.8) is 0 Å². The monoisotopic (exact) mass is 316 g/mol. The third-order valence-corrected chi connectivity index (χ3v) is 4.46. The van der Waals surface area contributed by atoms with Crippen molar-refractivity contribution in [2.45, 2.75) is 44.1 Å². The summed E-state index contributed by atoms with van der Waals surface area (Å²) in [7, 11) is 0. The van der Waals surface area contributed by atoms with Crippen molar-refractivity contribution in [3.05, 3.63) is 24.5 Å². The maximum absolute atomic E-state index is 12.6. The van der Waals surface area contributed by atoms with Gasteiger partial charge >= 0.3 is 6.03 Å². The number of rotatable bonds is 4. The van der Waals surface area contributed by atoms with Crippen molar-refractivity contribution in [2.75, 3.05) is 11.9 Å². The van der Waals surface area contributed by atoms with Crippen molar-refractivity contribution in [1.82, 2.24) is 15.2 Å². The third-order valence-electron chi connectivity index (χ3n) is 4.46. The number of carbonyl (C=O) groups is 3. The predicted octanol–water partition coefficient (Wildman–Crippen LogP) is 1.66. The summed E-state index contributed by atoms with van der Waals surface area (Å²) < 4.78 is 0. The first-order valence-corrected chi connectivity index (χ1v) is 7.95. The van der Waals surface area contributed by atoms with E-state index in [0.717, 1.165) is 19.3 Å². The fourth-order valence-electron chi connectivity index (χ4n) is 3.25. The Hall–Kier alpha value is -2.44. The Morgan fingerprint density at radius 2 is 2.09 bits per heavy atom. The molecule has 2 heterocycles. The summed E-state index contributed by atoms with van der Waals surface area (Å²) >= 11 is 0. The lowest BCUT2D eigenvalue weighted by Gasteiger charge is -2.30. The minimum absolute atomic E-state index is 0.0735. The van der Waals surface area contributed by atoms with Crippen LogP contribution in [0.1, 0.15) is 38.5 Å². The van der Waals surface area contributed by atoms with Crippen LogP contribution < -0.4 is 10.6 Å². The van der Waals surface area contributed by atoms with E-state index in [0.29, 0.717) is 18.5 Å². The van der Waals surface area contributed by atoms with Gasteiger partial charge in [0.1, 0.15) is 5.54 Å². The Morgan fingerprint density at radius 1 is 1.30 bits per heavy atom. The average molecular weight is 316 g/mol. The molecule has 2 N–H and O–H groups in total. The normalized spacial score (nSPS) is 19.7. The van der Waals surface area contributed by atoms with E-state index in [-0.39, 0.29) is 30.8 Å². The van der Waals surface area contributed by atoms with E-state index in [9.17, 15) is 14.4 Å². The molecule has 4 amide bonds. The maximum Gasteiger partial charge on any atom is 0.325 e. The predicted molar refractivity (Wildman–Crippen MR) is 83.5 cm³/mol. The zero-order chi connectivity index (χ0) is 16.3. The quantitative estimate of drug-likeness (QED) is 0.827. The Kier molecular flexibility index (Phi) is 4.27. The van der Waals surface area contributed by atoms with Gasteiger partial charge in [0.15, 0.2) is 0 Å². The van der Waals surface area contributed by atoms with Crippen molar-refractivity contribution < 1.29 is 14.4 Å². The number of hydrogen-bond donors (Lipinski definition) is 2. The van der Waals surface area contributed by atoms with Gasteiger partial charge in [-0.15, -0.1) is 0 Å². The van der Waals surface area contributed by atoms with E-state index in [1.165, 1.54) is 4.90 Å². The Bertz CT molecular complexity index is 611. The van der Waals surface area contributed by atoms with Gasteiger partial charge in [-0.2, -0.15) is 0 Å². The molecule has 122 valence electrons. The first-order chi connectivity index (χ1) is 11.1. The smallest absolute Gasteiger partial charge is 0.325 e. The molecule has 1 spiro atoms. The highest BCUT2D eigenvalue weighted by molar-refractivity contribution is 6.07. The first-order valence-electron chi connectivity index (χ1n) is 7.95. The zero-order valence-electron chi connectivity index (χ0n) is 12.9. The van der Waals surface area contributed by atoms with E-state index in [1.807, 2.05) is 0 Å². The molecular weight excluding hydrogens is 296 g/mol. The molecule has 2 fully saturated rings. The lowest BCUT2D eigenvalue weighted by molar-refractivity contribution is -0.132. The Morgan fingerprint density at radius 3 is 2.78 bits per heavy atom. The molecule has 7 nitrogen and oxygen atoms in total. The molecule has 0 radical (unpaired) electrons. The minimum Gasteiger partial charge on any atom is -0.325 e. The highest BCUT2D eigenvalue weighted by atomic mass is 16.2. The SMILES string of the molecule is O=C(CCN1C(=O)NC2(CCCCC2)C1=O)Nc1cccnc1. The molecule has 2 aliphatic rings. The number of aromatic nitrogens is 1. The molecule has 1 aromatic rings. The second-order valence-corrected chi connectivity index (χ2v) is 6.07. The summed E-state index contributed by atoms with van der Waals surface area (Å²) in [6.45, 7) is 0.0957. The number of hydrogen-bond acceptors (Lipinski definition) is 4. The van der Waals surface area contributed by atoms with Crippen molar-refractivity contribution in [3.8, 4) is 0 Å². The number of amides is 4. The molecule has 1 aliphatic heterocycles. The molecule has 1 aliphatic carbocycles. The molecule has 1 saturated heterocycles. The van der Waals surface area contributed by atoms with Crippen LogP contribution in [0.4, 0.5) is 10.5 Å². The average Bonchev–Trinajstić information content (AvgIpc) is 2.77. The molecule has 23 heavy (non-hydrogen) atoms. The van der Waals surface area contributed by atoms with Gasteiger partial charge in [-0.05, 0) is 25.0 Å². The van der Waals surface area contributed by atoms with Crippen molar-refractivity contribution in [1.29, 1.82) is 0 Å². The summed E-state index contributed by atoms with van der Waals surface area (Å²) in [5, 5.41) is 5.53. The number of urea groups is 1. The molecule has 0 bridgehead atoms. The van der Waals surface area contributed by atoms with Crippen LogP contribution in [0.3, 0.4) is 0 Å². The topological polar surface area (TPSA) is 91.4 Å². The standard InChI is InChI=1S/C16H20N4O3/c21-13(18-12-5-4-9-17-11-12)6-10-20-14(22)16(19-15(20)23)7-2-1-3-8-16/h4-5,9,11H,1-3,6-8,10H2,(H,18,21)(H,19,23). The first kappa shape index (κ1) is 15.5. The highest BCUT2D eigenvalue weighted by Gasteiger charge is 2.50. The minimum atomic E-state index is -0.727. The molecule has 7 heteroatoms. The number of carbonyl (C=O) groups excluding carboxylic acids is 3. The summed E-state index contributed by atoms with van der Waals surface area (Å²) in [4.78, 5) is 41.7. The Balaban J connectivity index is 1.56. The molecule has 3 rings (SSSR count). The van der Waals surface area contributed by atoms with Crippen LogP contribution in [-0.2, 0) is 9.59 Å². The van der Waals surface area contributed by atoms with Gasteiger partial charge in [0.2, 0.25) is 5.91 Å². The van der Waals surface area contributed by atoms with E-state index in [4.69, 9.17) is 0 Å². The second-order valence-electron chi connectivity index (χ2n) is 6.07. The number of anilines is 1. The second kappa shape index (κ2) is 6.36. The number of pyridine rings is 1. The van der Waals surface area contributed by atoms with Crippen LogP contribution >= 0.6 is 0 Å². The number of imide groups is 1. The highest BCUT2D eigenvalue weighted by Crippen LogP contribution is 2.33. The van der Waals surface area contributed by atoms with Gasteiger partial charge in [-0.25, -0.2) is 4.79 Å². The van der Waals surface area contributed by atoms with E-state index < -0.39 is 5.54 Å². The third kappa shape index (κ3) is 3.18. The van der Waals surface area contributed by atoms with Gasteiger partial charge in [0.05, 0.1) is 11.9 Å². The molecule has 0 atom stereocenters. The Labute approximate surface area is 134 Å². The summed E-state index contributed by atoms with van der Waals surface area (Å²) in [5.74, 6) is -0.431. The van der Waals surface area contributed by atoms with E-state index in [1.54, 1.807) is 24.5 Å². The lowest BCUT2D eigenvalue weighted by atomic mass is 9.82. The van der Waals surface area contributed by atoms with Crippen LogP contribution in [0, 0.1) is 0 Å². The summed E-state index contributed by atoms with van der Waals surface area (Å²) in [6.07, 6.45) is 7.60. The maximum atomic E-state index is 12.6. The molecule has 0 unspecified atom stereocenters. The number of nitrogens with zero attached hydrogens (tertiary/aromatic N) is 2. The largest absolute Gasteiger partial charge is 0.325 e. The molecular formula is C16H20N4O3. The van der Waals surface area contributed by atoms with E-state index in [2.05, 4.69) is 15.6 Å². The van der Waals surface area contributed by atoms with Gasteiger partial charge in [-0.1, -0.05) is 19.3 Å². The zero-order valence-corrected chi connectivity index (χ0v) is 12.9. The molecule has 0 aromatic carbocycles. The van der Waals surface area contributed by atoms with Crippen LogP contribution in [0.25, 0.3) is 0 Å². The lowest BCUT2D eigenvalue weighted by Crippen LogP contribution is -2.48. The summed E-state index contributed by atoms with van der Waals surface area (Å²) in [6, 6.07) is 3.07. The number of nitrogens with one attached hydrogen (secondary N) is 2. The van der Waals surface area contributed by atoms with E-state index >= 15 is 0 Å². The van der Waals surface area contributed by atoms with Crippen LogP contribution in [0.5, 0.6) is 0 Å². The molecule has 1 saturated carbocycles.